The summed E-state index contributed by atoms with van der Waals surface area (Å²) in [5.41, 5.74) is 1.34. The molecule has 0 saturated heterocycles. The van der Waals surface area contributed by atoms with Crippen LogP contribution in [-0.2, 0) is 0 Å². The fraction of sp³-hybridized carbons (Fsp3) is 0. The van der Waals surface area contributed by atoms with Crippen LogP contribution in [0.2, 0.25) is 0 Å². The van der Waals surface area contributed by atoms with E-state index in [1.807, 2.05) is 0 Å². The Balaban J connectivity index is 2.17. The maximum atomic E-state index is 12.8. The molecule has 1 N–H and O–H groups in total. The minimum absolute atomic E-state index is 0.0264. The number of carboxylic acids is 1. The van der Waals surface area contributed by atoms with Gasteiger partial charge in [0.25, 0.3) is 0 Å². The second-order valence-electron chi connectivity index (χ2n) is 3.79. The number of carbonyl (C=O) groups is 1. The molecule has 0 aliphatic carbocycles. The maximum absolute atomic E-state index is 12.8. The molecule has 0 fully saturated rings. The molecule has 0 unspecified atom stereocenters. The zero-order chi connectivity index (χ0) is 12.7. The topological polar surface area (TPSA) is 59.5 Å². The van der Waals surface area contributed by atoms with Gasteiger partial charge in [-0.3, -0.25) is 0 Å². The number of benzene rings is 1. The minimum atomic E-state index is -1.08. The van der Waals surface area contributed by atoms with E-state index in [9.17, 15) is 9.18 Å². The zero-order valence-corrected chi connectivity index (χ0v) is 9.12. The molecule has 0 atom stereocenters. The highest BCUT2D eigenvalue weighted by molar-refractivity contribution is 5.86. The Morgan fingerprint density at radius 2 is 1.94 bits per heavy atom. The van der Waals surface area contributed by atoms with Crippen LogP contribution in [0.5, 0.6) is 0 Å². The van der Waals surface area contributed by atoms with E-state index in [1.54, 1.807) is 29.1 Å². The van der Waals surface area contributed by atoms with E-state index in [0.717, 1.165) is 0 Å². The number of rotatable bonds is 2. The van der Waals surface area contributed by atoms with E-state index in [1.165, 1.54) is 22.8 Å². The van der Waals surface area contributed by atoms with Crippen LogP contribution in [0.25, 0.3) is 11.2 Å². The van der Waals surface area contributed by atoms with Crippen LogP contribution in [0.1, 0.15) is 10.5 Å². The normalized spacial score (nSPS) is 10.9. The molecule has 0 bridgehead atoms. The van der Waals surface area contributed by atoms with Crippen LogP contribution in [0.4, 0.5) is 4.39 Å². The van der Waals surface area contributed by atoms with Crippen LogP contribution in [0.15, 0.2) is 42.6 Å². The molecule has 6 heteroatoms. The molecule has 0 aliphatic rings. The van der Waals surface area contributed by atoms with Gasteiger partial charge in [-0.05, 0) is 30.3 Å². The Kier molecular flexibility index (Phi) is 2.16. The molecule has 0 saturated carbocycles. The van der Waals surface area contributed by atoms with Gasteiger partial charge in [-0.2, -0.15) is 4.63 Å². The van der Waals surface area contributed by atoms with Crippen LogP contribution < -0.4 is 0 Å². The number of aromatic carboxylic acids is 1. The molecule has 90 valence electrons. The Bertz CT molecular complexity index is 727. The summed E-state index contributed by atoms with van der Waals surface area (Å²) in [4.78, 5) is 10.8. The first-order valence-electron chi connectivity index (χ1n) is 5.22. The molecule has 18 heavy (non-hydrogen) atoms. The summed E-state index contributed by atoms with van der Waals surface area (Å²) in [6, 6.07) is 9.07. The first-order chi connectivity index (χ1) is 8.65. The lowest BCUT2D eigenvalue weighted by atomic mass is 10.3. The lowest BCUT2D eigenvalue weighted by molar-refractivity contribution is 0.0689. The van der Waals surface area contributed by atoms with E-state index in [0.29, 0.717) is 11.2 Å². The van der Waals surface area contributed by atoms with Crippen molar-refractivity contribution in [3.8, 4) is 5.69 Å². The predicted molar refractivity (Wildman–Crippen MR) is 61.4 cm³/mol. The Labute approximate surface area is 101 Å². The highest BCUT2D eigenvalue weighted by Crippen LogP contribution is 2.13. The van der Waals surface area contributed by atoms with E-state index >= 15 is 0 Å². The number of hydrogen-bond donors (Lipinski definition) is 1. The van der Waals surface area contributed by atoms with Gasteiger partial charge < -0.3 is 5.11 Å². The second-order valence-corrected chi connectivity index (χ2v) is 3.79. The highest BCUT2D eigenvalue weighted by atomic mass is 19.1. The Hall–Kier alpha value is -2.63. The molecular formula is C12H8FN3O2. The molecule has 0 radical (unpaired) electrons. The van der Waals surface area contributed by atoms with Crippen molar-refractivity contribution in [3.05, 3.63) is 54.1 Å². The van der Waals surface area contributed by atoms with Crippen molar-refractivity contribution in [3.63, 3.8) is 0 Å². The molecule has 2 aromatic heterocycles. The minimum Gasteiger partial charge on any atom is -0.476 e. The van der Waals surface area contributed by atoms with E-state index in [-0.39, 0.29) is 11.5 Å². The van der Waals surface area contributed by atoms with Crippen molar-refractivity contribution >= 4 is 11.5 Å². The number of nitrogens with zero attached hydrogens (tertiary/aromatic N) is 3. The summed E-state index contributed by atoms with van der Waals surface area (Å²) in [6.45, 7) is 0. The second kappa shape index (κ2) is 3.69. The smallest absolute Gasteiger partial charge is 0.356 e. The average Bonchev–Trinajstić information content (AvgIpc) is 2.89. The van der Waals surface area contributed by atoms with Crippen LogP contribution >= 0.6 is 0 Å². The molecule has 3 rings (SSSR count). The highest BCUT2D eigenvalue weighted by Gasteiger charge is 2.11. The van der Waals surface area contributed by atoms with Gasteiger partial charge in [0.2, 0.25) is 0 Å². The monoisotopic (exact) mass is 245 g/mol. The summed E-state index contributed by atoms with van der Waals surface area (Å²) in [5, 5.41) is 12.8. The van der Waals surface area contributed by atoms with Gasteiger partial charge in [0.1, 0.15) is 5.82 Å². The van der Waals surface area contributed by atoms with Gasteiger partial charge >= 0.3 is 5.97 Å². The molecule has 0 aliphatic heterocycles. The third kappa shape index (κ3) is 1.55. The fourth-order valence-corrected chi connectivity index (χ4v) is 1.78. The summed E-state index contributed by atoms with van der Waals surface area (Å²) < 4.78 is 15.9. The van der Waals surface area contributed by atoms with Gasteiger partial charge in [-0.1, -0.05) is 0 Å². The third-order valence-corrected chi connectivity index (χ3v) is 2.62. The summed E-state index contributed by atoms with van der Waals surface area (Å²) >= 11 is 0. The zero-order valence-electron chi connectivity index (χ0n) is 9.12. The predicted octanol–water partition coefficient (Wildman–Crippen LogP) is 1.96. The van der Waals surface area contributed by atoms with Gasteiger partial charge in [0.05, 0.1) is 11.2 Å². The Morgan fingerprint density at radius 1 is 1.22 bits per heavy atom. The van der Waals surface area contributed by atoms with Crippen molar-refractivity contribution in [2.75, 3.05) is 0 Å². The van der Waals surface area contributed by atoms with Crippen molar-refractivity contribution in [2.24, 2.45) is 0 Å². The van der Waals surface area contributed by atoms with Crippen LogP contribution in [0, 0.1) is 5.82 Å². The first-order valence-corrected chi connectivity index (χ1v) is 5.22. The Morgan fingerprint density at radius 3 is 2.61 bits per heavy atom. The standard InChI is InChI=1S/C12H8FN3O2/c13-8-1-3-9(4-2-8)15-6-5-10-7-11(12(17)18)14-16(10)15/h1-7H,(H,17,18). The number of hydrogen-bond acceptors (Lipinski definition) is 2. The van der Waals surface area contributed by atoms with E-state index < -0.39 is 5.97 Å². The van der Waals surface area contributed by atoms with Gasteiger partial charge in [0.15, 0.2) is 5.69 Å². The molecule has 5 nitrogen and oxygen atoms in total. The molecule has 2 heterocycles. The molecule has 3 aromatic rings. The third-order valence-electron chi connectivity index (χ3n) is 2.62. The molecule has 0 spiro atoms. The summed E-state index contributed by atoms with van der Waals surface area (Å²) in [6.07, 6.45) is 1.74. The van der Waals surface area contributed by atoms with Crippen molar-refractivity contribution in [1.82, 2.24) is 14.4 Å². The van der Waals surface area contributed by atoms with Gasteiger partial charge in [-0.25, -0.2) is 13.9 Å². The van der Waals surface area contributed by atoms with Crippen molar-refractivity contribution in [1.29, 1.82) is 0 Å². The lowest BCUT2D eigenvalue weighted by Gasteiger charge is -2.03. The van der Waals surface area contributed by atoms with Crippen molar-refractivity contribution in [2.45, 2.75) is 0 Å². The van der Waals surface area contributed by atoms with Gasteiger partial charge in [0, 0.05) is 12.3 Å². The van der Waals surface area contributed by atoms with Crippen LogP contribution in [0.3, 0.4) is 0 Å². The van der Waals surface area contributed by atoms with Crippen molar-refractivity contribution < 1.29 is 14.3 Å². The molecule has 1 aromatic carbocycles. The van der Waals surface area contributed by atoms with Crippen LogP contribution in [-0.4, -0.2) is 25.5 Å². The largest absolute Gasteiger partial charge is 0.476 e. The first kappa shape index (κ1) is 10.5. The number of fused-ring (bicyclic) bond motifs is 1. The van der Waals surface area contributed by atoms with E-state index in [2.05, 4.69) is 5.10 Å². The summed E-state index contributed by atoms with van der Waals surface area (Å²) in [5.74, 6) is -1.40. The van der Waals surface area contributed by atoms with Gasteiger partial charge in [-0.15, -0.1) is 5.10 Å². The number of halogens is 1. The number of carboxylic acid groups (broad SMARTS) is 1. The molecule has 0 amide bonds. The van der Waals surface area contributed by atoms with E-state index in [4.69, 9.17) is 5.11 Å². The lowest BCUT2D eigenvalue weighted by Crippen LogP contribution is -2.05. The summed E-state index contributed by atoms with van der Waals surface area (Å²) in [7, 11) is 0. The molecular weight excluding hydrogens is 237 g/mol. The average molecular weight is 245 g/mol. The quantitative estimate of drug-likeness (QED) is 0.750. The fourth-order valence-electron chi connectivity index (χ4n) is 1.78. The SMILES string of the molecule is O=C(O)c1cc2ccn(-c3ccc(F)cc3)n2n1. The number of aromatic nitrogens is 3. The maximum Gasteiger partial charge on any atom is 0.356 e.